The fourth-order valence-electron chi connectivity index (χ4n) is 3.21. The number of benzene rings is 2. The van der Waals surface area contributed by atoms with Gasteiger partial charge in [0.05, 0.1) is 16.4 Å². The van der Waals surface area contributed by atoms with Crippen LogP contribution in [0.15, 0.2) is 59.5 Å². The second-order valence-electron chi connectivity index (χ2n) is 6.59. The molecule has 0 aliphatic carbocycles. The second kappa shape index (κ2) is 7.50. The van der Waals surface area contributed by atoms with Crippen LogP contribution in [-0.2, 0) is 32.8 Å². The Kier molecular flexibility index (Phi) is 5.50. The molecular formula is C19H23NO4S2. The highest BCUT2D eigenvalue weighted by Crippen LogP contribution is 2.27. The van der Waals surface area contributed by atoms with Gasteiger partial charge in [0.25, 0.3) is 0 Å². The largest absolute Gasteiger partial charge is 0.243 e. The molecule has 0 radical (unpaired) electrons. The summed E-state index contributed by atoms with van der Waals surface area (Å²) in [6.45, 7) is 2.17. The maximum absolute atomic E-state index is 13.3. The smallest absolute Gasteiger partial charge is 0.229 e. The van der Waals surface area contributed by atoms with Crippen LogP contribution >= 0.6 is 0 Å². The van der Waals surface area contributed by atoms with Crippen molar-refractivity contribution in [2.45, 2.75) is 37.2 Å². The molecule has 0 spiro atoms. The first kappa shape index (κ1) is 19.1. The van der Waals surface area contributed by atoms with Gasteiger partial charge in [-0.3, -0.25) is 0 Å². The van der Waals surface area contributed by atoms with E-state index in [0.717, 1.165) is 17.5 Å². The van der Waals surface area contributed by atoms with Crippen LogP contribution in [0.4, 0.5) is 0 Å². The molecule has 3 rings (SSSR count). The van der Waals surface area contributed by atoms with E-state index in [-0.39, 0.29) is 22.9 Å². The van der Waals surface area contributed by atoms with Crippen LogP contribution < -0.4 is 0 Å². The number of sulfonamides is 1. The van der Waals surface area contributed by atoms with E-state index in [4.69, 9.17) is 0 Å². The van der Waals surface area contributed by atoms with E-state index < -0.39 is 25.9 Å². The van der Waals surface area contributed by atoms with E-state index in [0.29, 0.717) is 6.42 Å². The third kappa shape index (κ3) is 4.16. The van der Waals surface area contributed by atoms with E-state index in [9.17, 15) is 16.8 Å². The fourth-order valence-corrected chi connectivity index (χ4v) is 6.68. The van der Waals surface area contributed by atoms with Gasteiger partial charge in [0.15, 0.2) is 9.84 Å². The van der Waals surface area contributed by atoms with Crippen molar-refractivity contribution in [3.05, 3.63) is 65.7 Å². The van der Waals surface area contributed by atoms with Crippen LogP contribution in [0, 0.1) is 0 Å². The Bertz CT molecular complexity index is 952. The molecule has 26 heavy (non-hydrogen) atoms. The summed E-state index contributed by atoms with van der Waals surface area (Å²) in [4.78, 5) is 0.204. The van der Waals surface area contributed by atoms with Crippen LogP contribution in [0.5, 0.6) is 0 Å². The van der Waals surface area contributed by atoms with Gasteiger partial charge in [-0.05, 0) is 36.1 Å². The molecule has 0 amide bonds. The lowest BCUT2D eigenvalue weighted by atomic mass is 10.2. The van der Waals surface area contributed by atoms with E-state index >= 15 is 0 Å². The molecule has 1 aliphatic rings. The summed E-state index contributed by atoms with van der Waals surface area (Å²) in [5.74, 6) is -0.0840. The van der Waals surface area contributed by atoms with Gasteiger partial charge < -0.3 is 0 Å². The predicted octanol–water partition coefficient (Wildman–Crippen LogP) is 2.63. The van der Waals surface area contributed by atoms with Crippen LogP contribution in [0.2, 0.25) is 0 Å². The lowest BCUT2D eigenvalue weighted by molar-refractivity contribution is 0.334. The van der Waals surface area contributed by atoms with Crippen molar-refractivity contribution in [3.63, 3.8) is 0 Å². The summed E-state index contributed by atoms with van der Waals surface area (Å²) in [6.07, 6.45) is 1.16. The third-order valence-corrected chi connectivity index (χ3v) is 8.40. The van der Waals surface area contributed by atoms with Crippen LogP contribution in [0.1, 0.15) is 24.5 Å². The number of aryl methyl sites for hydroxylation is 1. The number of sulfone groups is 1. The predicted molar refractivity (Wildman–Crippen MR) is 102 cm³/mol. The highest BCUT2D eigenvalue weighted by molar-refractivity contribution is 7.92. The van der Waals surface area contributed by atoms with Crippen LogP contribution in [-0.4, -0.2) is 38.7 Å². The van der Waals surface area contributed by atoms with Crippen molar-refractivity contribution in [1.82, 2.24) is 4.31 Å². The summed E-state index contributed by atoms with van der Waals surface area (Å²) in [7, 11) is -6.98. The van der Waals surface area contributed by atoms with Gasteiger partial charge in [0.2, 0.25) is 10.0 Å². The maximum atomic E-state index is 13.3. The topological polar surface area (TPSA) is 71.5 Å². The van der Waals surface area contributed by atoms with E-state index in [2.05, 4.69) is 0 Å². The van der Waals surface area contributed by atoms with E-state index in [1.807, 2.05) is 37.3 Å². The minimum Gasteiger partial charge on any atom is -0.229 e. The molecule has 1 heterocycles. The van der Waals surface area contributed by atoms with Crippen molar-refractivity contribution in [2.24, 2.45) is 0 Å². The standard InChI is InChI=1S/C19H23NO4S2/c1-2-16-8-10-19(11-9-16)26(23,24)20(14-17-6-4-3-5-7-17)18-12-13-25(21,22)15-18/h3-11,18H,2,12-15H2,1H3/t18-/m0/s1. The number of hydrogen-bond donors (Lipinski definition) is 0. The molecule has 2 aromatic rings. The molecule has 5 nitrogen and oxygen atoms in total. The summed E-state index contributed by atoms with van der Waals surface area (Å²) in [5, 5.41) is 0. The Hall–Kier alpha value is -1.70. The first-order valence-corrected chi connectivity index (χ1v) is 11.9. The van der Waals surface area contributed by atoms with Crippen molar-refractivity contribution < 1.29 is 16.8 Å². The Labute approximate surface area is 155 Å². The minimum absolute atomic E-state index is 0.0350. The highest BCUT2D eigenvalue weighted by Gasteiger charge is 2.38. The molecular weight excluding hydrogens is 370 g/mol. The Morgan fingerprint density at radius 2 is 1.65 bits per heavy atom. The Morgan fingerprint density at radius 1 is 1.00 bits per heavy atom. The molecule has 0 aromatic heterocycles. The summed E-state index contributed by atoms with van der Waals surface area (Å²) in [5.41, 5.74) is 1.90. The van der Waals surface area contributed by atoms with Gasteiger partial charge in [0.1, 0.15) is 0 Å². The second-order valence-corrected chi connectivity index (χ2v) is 10.7. The lowest BCUT2D eigenvalue weighted by Gasteiger charge is -2.27. The molecule has 1 aliphatic heterocycles. The number of nitrogens with zero attached hydrogens (tertiary/aromatic N) is 1. The molecule has 0 bridgehead atoms. The molecule has 0 unspecified atom stereocenters. The van der Waals surface area contributed by atoms with Crippen molar-refractivity contribution >= 4 is 19.9 Å². The summed E-state index contributed by atoms with van der Waals surface area (Å²) < 4.78 is 51.7. The van der Waals surface area contributed by atoms with Crippen molar-refractivity contribution in [1.29, 1.82) is 0 Å². The van der Waals surface area contributed by atoms with E-state index in [1.54, 1.807) is 24.3 Å². The SMILES string of the molecule is CCc1ccc(S(=O)(=O)N(Cc2ccccc2)[C@H]2CCS(=O)(=O)C2)cc1. The van der Waals surface area contributed by atoms with Crippen molar-refractivity contribution in [2.75, 3.05) is 11.5 Å². The molecule has 1 fully saturated rings. The molecule has 1 atom stereocenters. The molecule has 2 aromatic carbocycles. The first-order valence-electron chi connectivity index (χ1n) is 8.67. The molecule has 7 heteroatoms. The monoisotopic (exact) mass is 393 g/mol. The quantitative estimate of drug-likeness (QED) is 0.756. The molecule has 1 saturated heterocycles. The maximum Gasteiger partial charge on any atom is 0.243 e. The normalized spacial score (nSPS) is 19.7. The van der Waals surface area contributed by atoms with Crippen LogP contribution in [0.3, 0.4) is 0 Å². The van der Waals surface area contributed by atoms with E-state index in [1.165, 1.54) is 4.31 Å². The average Bonchev–Trinajstić information content (AvgIpc) is 3.00. The Balaban J connectivity index is 1.98. The van der Waals surface area contributed by atoms with Gasteiger partial charge in [-0.1, -0.05) is 49.4 Å². The summed E-state index contributed by atoms with van der Waals surface area (Å²) >= 11 is 0. The third-order valence-electron chi connectivity index (χ3n) is 4.74. The first-order chi connectivity index (χ1) is 12.3. The van der Waals surface area contributed by atoms with Gasteiger partial charge in [-0.2, -0.15) is 4.31 Å². The molecule has 140 valence electrons. The van der Waals surface area contributed by atoms with Gasteiger partial charge >= 0.3 is 0 Å². The van der Waals surface area contributed by atoms with Crippen molar-refractivity contribution in [3.8, 4) is 0 Å². The summed E-state index contributed by atoms with van der Waals surface area (Å²) in [6, 6.07) is 15.6. The Morgan fingerprint density at radius 3 is 2.19 bits per heavy atom. The molecule has 0 N–H and O–H groups in total. The highest BCUT2D eigenvalue weighted by atomic mass is 32.2. The fraction of sp³-hybridized carbons (Fsp3) is 0.368. The minimum atomic E-state index is -3.79. The average molecular weight is 394 g/mol. The zero-order valence-corrected chi connectivity index (χ0v) is 16.3. The number of hydrogen-bond acceptors (Lipinski definition) is 4. The van der Waals surface area contributed by atoms with Crippen LogP contribution in [0.25, 0.3) is 0 Å². The zero-order valence-electron chi connectivity index (χ0n) is 14.7. The van der Waals surface area contributed by atoms with Gasteiger partial charge in [-0.15, -0.1) is 0 Å². The zero-order chi connectivity index (χ0) is 18.8. The molecule has 0 saturated carbocycles. The lowest BCUT2D eigenvalue weighted by Crippen LogP contribution is -2.40. The number of rotatable bonds is 6. The van der Waals surface area contributed by atoms with Gasteiger partial charge in [0, 0.05) is 12.6 Å². The van der Waals surface area contributed by atoms with Gasteiger partial charge in [-0.25, -0.2) is 16.8 Å².